The predicted octanol–water partition coefficient (Wildman–Crippen LogP) is 0.838. The van der Waals surface area contributed by atoms with Crippen LogP contribution in [-0.4, -0.2) is 151 Å². The number of hydrogen-bond acceptors (Lipinski definition) is 10. The Morgan fingerprint density at radius 1 is 0.750 bits per heavy atom. The summed E-state index contributed by atoms with van der Waals surface area (Å²) in [6.45, 7) is 15.4. The molecule has 44 heavy (non-hydrogen) atoms. The van der Waals surface area contributed by atoms with Gasteiger partial charge in [0.1, 0.15) is 0 Å². The lowest BCUT2D eigenvalue weighted by Crippen LogP contribution is -2.70. The van der Waals surface area contributed by atoms with Gasteiger partial charge in [0, 0.05) is 51.7 Å². The summed E-state index contributed by atoms with van der Waals surface area (Å²) in [5.74, 6) is 0.0856. The second-order valence-corrected chi connectivity index (χ2v) is 12.1. The Hall–Kier alpha value is -1.87. The fourth-order valence-electron chi connectivity index (χ4n) is 5.22. The minimum absolute atomic E-state index is 0.0162. The molecule has 2 N–H and O–H groups in total. The highest BCUT2D eigenvalue weighted by Crippen LogP contribution is 2.38. The lowest BCUT2D eigenvalue weighted by molar-refractivity contribution is -0.154. The van der Waals surface area contributed by atoms with Gasteiger partial charge in [-0.15, -0.1) is 0 Å². The van der Waals surface area contributed by atoms with E-state index in [9.17, 15) is 14.4 Å². The molecule has 13 nitrogen and oxygen atoms in total. The maximum atomic E-state index is 13.1. The first-order chi connectivity index (χ1) is 21.2. The molecule has 1 spiro atoms. The molecule has 0 aromatic carbocycles. The molecule has 0 radical (unpaired) electrons. The third-order valence-corrected chi connectivity index (χ3v) is 7.82. The third-order valence-electron chi connectivity index (χ3n) is 7.82. The molecule has 3 amide bonds. The Balaban J connectivity index is 1.50. The maximum absolute atomic E-state index is 13.1. The van der Waals surface area contributed by atoms with E-state index in [1.807, 2.05) is 37.5 Å². The Labute approximate surface area is 263 Å². The van der Waals surface area contributed by atoms with Gasteiger partial charge in [-0.2, -0.15) is 0 Å². The van der Waals surface area contributed by atoms with E-state index in [0.717, 1.165) is 19.4 Å². The first-order valence-electron chi connectivity index (χ1n) is 16.2. The first-order valence-corrected chi connectivity index (χ1v) is 16.2. The largest absolute Gasteiger partial charge is 0.382 e. The molecule has 13 heteroatoms. The number of likely N-dealkylation sites (tertiary alicyclic amines) is 2. The maximum Gasteiger partial charge on any atom is 0.237 e. The van der Waals surface area contributed by atoms with Crippen LogP contribution in [0.25, 0.3) is 0 Å². The van der Waals surface area contributed by atoms with Crippen molar-refractivity contribution < 1.29 is 42.8 Å². The predicted molar refractivity (Wildman–Crippen MR) is 165 cm³/mol. The summed E-state index contributed by atoms with van der Waals surface area (Å²) < 4.78 is 32.1. The number of hydrogen-bond donors (Lipinski definition) is 2. The van der Waals surface area contributed by atoms with Crippen molar-refractivity contribution in [2.75, 3.05) is 106 Å². The van der Waals surface area contributed by atoms with Crippen LogP contribution in [0.15, 0.2) is 0 Å². The summed E-state index contributed by atoms with van der Waals surface area (Å²) in [6, 6.07) is -0.0113. The number of ether oxygens (including phenoxy) is 6. The smallest absolute Gasteiger partial charge is 0.237 e. The van der Waals surface area contributed by atoms with Crippen molar-refractivity contribution >= 4 is 17.7 Å². The highest BCUT2D eigenvalue weighted by atomic mass is 16.6. The number of carbonyl (C=O) groups is 3. The van der Waals surface area contributed by atoms with Crippen LogP contribution in [-0.2, 0) is 42.8 Å². The second kappa shape index (κ2) is 21.8. The monoisotopic (exact) mass is 630 g/mol. The van der Waals surface area contributed by atoms with Gasteiger partial charge in [0.15, 0.2) is 0 Å². The number of carbonyl (C=O) groups excluding carboxylic acids is 3. The Morgan fingerprint density at radius 3 is 1.77 bits per heavy atom. The lowest BCUT2D eigenvalue weighted by Gasteiger charge is -2.53. The average Bonchev–Trinajstić information content (AvgIpc) is 3.42. The molecule has 0 bridgehead atoms. The molecule has 0 aromatic rings. The zero-order valence-electron chi connectivity index (χ0n) is 27.7. The molecule has 2 fully saturated rings. The molecule has 2 aliphatic rings. The van der Waals surface area contributed by atoms with Gasteiger partial charge in [0.2, 0.25) is 17.7 Å². The molecule has 0 saturated carbocycles. The van der Waals surface area contributed by atoms with Gasteiger partial charge in [-0.25, -0.2) is 0 Å². The van der Waals surface area contributed by atoms with Gasteiger partial charge in [-0.3, -0.25) is 14.4 Å². The highest BCUT2D eigenvalue weighted by molar-refractivity contribution is 5.83. The van der Waals surface area contributed by atoms with Crippen LogP contribution >= 0.6 is 0 Å². The van der Waals surface area contributed by atoms with E-state index in [2.05, 4.69) is 10.6 Å². The van der Waals surface area contributed by atoms with Gasteiger partial charge in [0.25, 0.3) is 0 Å². The van der Waals surface area contributed by atoms with Crippen molar-refractivity contribution in [2.45, 2.75) is 71.0 Å². The van der Waals surface area contributed by atoms with Crippen LogP contribution < -0.4 is 10.6 Å². The van der Waals surface area contributed by atoms with E-state index in [0.29, 0.717) is 85.7 Å². The Morgan fingerprint density at radius 2 is 1.27 bits per heavy atom. The lowest BCUT2D eigenvalue weighted by atomic mass is 9.86. The summed E-state index contributed by atoms with van der Waals surface area (Å²) in [5, 5.41) is 6.21. The normalized spacial score (nSPS) is 16.6. The van der Waals surface area contributed by atoms with Gasteiger partial charge < -0.3 is 48.9 Å². The second-order valence-electron chi connectivity index (χ2n) is 12.1. The Bertz CT molecular complexity index is 824. The van der Waals surface area contributed by atoms with Crippen LogP contribution in [0, 0.1) is 5.92 Å². The zero-order chi connectivity index (χ0) is 32.2. The first kappa shape index (κ1) is 38.3. The fourth-order valence-corrected chi connectivity index (χ4v) is 5.22. The summed E-state index contributed by atoms with van der Waals surface area (Å²) in [5.41, 5.74) is -0.231. The average molecular weight is 631 g/mol. The van der Waals surface area contributed by atoms with Crippen molar-refractivity contribution in [1.82, 2.24) is 20.4 Å². The van der Waals surface area contributed by atoms with Crippen molar-refractivity contribution in [3.8, 4) is 0 Å². The van der Waals surface area contributed by atoms with Crippen LogP contribution in [0.4, 0.5) is 0 Å². The standard InChI is InChI=1S/C31H58N4O9/c1-25(2)27(21-29(37)34-23-31(24-34)8-6-9-35(31)30(38)22-32-26(3)4)33-28(36)7-10-40-13-14-42-17-18-44-20-19-43-16-15-41-12-11-39-5/h25-27,32H,6-24H2,1-5H3,(H,33,36). The van der Waals surface area contributed by atoms with Crippen molar-refractivity contribution in [1.29, 1.82) is 0 Å². The van der Waals surface area contributed by atoms with E-state index < -0.39 is 0 Å². The van der Waals surface area contributed by atoms with Gasteiger partial charge >= 0.3 is 0 Å². The van der Waals surface area contributed by atoms with E-state index >= 15 is 0 Å². The number of rotatable bonds is 25. The van der Waals surface area contributed by atoms with E-state index in [4.69, 9.17) is 28.4 Å². The van der Waals surface area contributed by atoms with Crippen molar-refractivity contribution in [2.24, 2.45) is 5.92 Å². The molecular formula is C31H58N4O9. The highest BCUT2D eigenvalue weighted by Gasteiger charge is 2.53. The summed E-state index contributed by atoms with van der Waals surface area (Å²) in [4.78, 5) is 42.2. The fraction of sp³-hybridized carbons (Fsp3) is 0.903. The molecule has 0 aromatic heterocycles. The third kappa shape index (κ3) is 14.5. The summed E-state index contributed by atoms with van der Waals surface area (Å²) in [6.07, 6.45) is 2.35. The quantitative estimate of drug-likeness (QED) is 0.140. The number of nitrogens with one attached hydrogen (secondary N) is 2. The van der Waals surface area contributed by atoms with Crippen molar-refractivity contribution in [3.05, 3.63) is 0 Å². The molecule has 0 aliphatic carbocycles. The SMILES string of the molecule is COCCOCCOCCOCCOCCOCCC(=O)NC(CC(=O)N1CC2(CCCN2C(=O)CNC(C)C)C1)C(C)C. The van der Waals surface area contributed by atoms with E-state index in [-0.39, 0.29) is 60.7 Å². The number of nitrogens with zero attached hydrogens (tertiary/aromatic N) is 2. The molecule has 2 saturated heterocycles. The Kier molecular flexibility index (Phi) is 19.0. The minimum atomic E-state index is -0.258. The molecular weight excluding hydrogens is 572 g/mol. The van der Waals surface area contributed by atoms with E-state index in [1.54, 1.807) is 7.11 Å². The van der Waals surface area contributed by atoms with Crippen LogP contribution in [0.3, 0.4) is 0 Å². The molecule has 256 valence electrons. The minimum Gasteiger partial charge on any atom is -0.382 e. The molecule has 2 aliphatic heterocycles. The van der Waals surface area contributed by atoms with Crippen LogP contribution in [0.2, 0.25) is 0 Å². The molecule has 2 heterocycles. The number of methoxy groups -OCH3 is 1. The van der Waals surface area contributed by atoms with Crippen molar-refractivity contribution in [3.63, 3.8) is 0 Å². The van der Waals surface area contributed by atoms with E-state index in [1.165, 1.54) is 0 Å². The molecule has 1 unspecified atom stereocenters. The summed E-state index contributed by atoms with van der Waals surface area (Å²) >= 11 is 0. The summed E-state index contributed by atoms with van der Waals surface area (Å²) in [7, 11) is 1.64. The zero-order valence-corrected chi connectivity index (χ0v) is 27.7. The van der Waals surface area contributed by atoms with Gasteiger partial charge in [-0.05, 0) is 18.8 Å². The molecule has 2 rings (SSSR count). The van der Waals surface area contributed by atoms with Gasteiger partial charge in [-0.1, -0.05) is 27.7 Å². The number of amides is 3. The molecule has 1 atom stereocenters. The van der Waals surface area contributed by atoms with Crippen LogP contribution in [0.1, 0.15) is 53.4 Å². The topological polar surface area (TPSA) is 137 Å². The van der Waals surface area contributed by atoms with Crippen LogP contribution in [0.5, 0.6) is 0 Å². The van der Waals surface area contributed by atoms with Gasteiger partial charge in [0.05, 0.1) is 84.8 Å².